The number of rotatable bonds is 3. The molecule has 0 N–H and O–H groups in total. The van der Waals surface area contributed by atoms with E-state index in [1.54, 1.807) is 66.7 Å². The Morgan fingerprint density at radius 2 is 1.43 bits per heavy atom. The van der Waals surface area contributed by atoms with Crippen molar-refractivity contribution >= 4 is 45.0 Å². The standard InChI is InChI=1S/C27H18BrNO6/c1-34-15-12-10-14(11-13-15)29-25(32)20-21(26(29)33)27(35-22(20)18-8-4-5-9-19(18)28)23(30)16-6-2-3-7-17(16)24(27)31/h2-13,20-22H,1H3/t20-,21-,22-/m1/s1. The Balaban J connectivity index is 1.54. The number of ketones is 2. The van der Waals surface area contributed by atoms with Gasteiger partial charge in [0, 0.05) is 15.6 Å². The highest BCUT2D eigenvalue weighted by Gasteiger charge is 2.74. The summed E-state index contributed by atoms with van der Waals surface area (Å²) in [5.74, 6) is -4.09. The molecule has 2 fully saturated rings. The van der Waals surface area contributed by atoms with E-state index >= 15 is 0 Å². The molecule has 0 radical (unpaired) electrons. The van der Waals surface area contributed by atoms with E-state index < -0.39 is 46.9 Å². The van der Waals surface area contributed by atoms with Gasteiger partial charge in [-0.2, -0.15) is 0 Å². The zero-order valence-corrected chi connectivity index (χ0v) is 20.0. The SMILES string of the molecule is COc1ccc(N2C(=O)[C@H]3[C@@H](c4ccccc4Br)OC4(C(=O)c5ccccc5C4=O)[C@H]3C2=O)cc1. The van der Waals surface area contributed by atoms with Crippen molar-refractivity contribution in [3.8, 4) is 5.75 Å². The first kappa shape index (κ1) is 21.9. The Bertz CT molecular complexity index is 1400. The minimum Gasteiger partial charge on any atom is -0.497 e. The van der Waals surface area contributed by atoms with E-state index in [2.05, 4.69) is 15.9 Å². The van der Waals surface area contributed by atoms with Gasteiger partial charge >= 0.3 is 0 Å². The number of hydrogen-bond donors (Lipinski definition) is 0. The van der Waals surface area contributed by atoms with Crippen LogP contribution in [0.15, 0.2) is 77.3 Å². The Hall–Kier alpha value is -3.62. The third-order valence-electron chi connectivity index (χ3n) is 7.06. The highest BCUT2D eigenvalue weighted by Crippen LogP contribution is 2.58. The molecule has 2 aliphatic heterocycles. The van der Waals surface area contributed by atoms with E-state index in [9.17, 15) is 19.2 Å². The van der Waals surface area contributed by atoms with Crippen LogP contribution in [-0.4, -0.2) is 36.1 Å². The van der Waals surface area contributed by atoms with Gasteiger partial charge in [0.1, 0.15) is 5.75 Å². The quantitative estimate of drug-likeness (QED) is 0.372. The van der Waals surface area contributed by atoms with Crippen molar-refractivity contribution in [2.45, 2.75) is 11.7 Å². The van der Waals surface area contributed by atoms with Gasteiger partial charge in [-0.15, -0.1) is 0 Å². The predicted molar refractivity (Wildman–Crippen MR) is 128 cm³/mol. The van der Waals surface area contributed by atoms with Crippen LogP contribution in [0.5, 0.6) is 5.75 Å². The minimum atomic E-state index is -2.09. The second kappa shape index (κ2) is 7.69. The van der Waals surface area contributed by atoms with Crippen LogP contribution in [0.3, 0.4) is 0 Å². The van der Waals surface area contributed by atoms with Crippen molar-refractivity contribution in [2.75, 3.05) is 12.0 Å². The molecule has 2 heterocycles. The number of fused-ring (bicyclic) bond motifs is 3. The van der Waals surface area contributed by atoms with Crippen molar-refractivity contribution in [2.24, 2.45) is 11.8 Å². The van der Waals surface area contributed by atoms with E-state index in [4.69, 9.17) is 9.47 Å². The second-order valence-corrected chi connectivity index (χ2v) is 9.57. The van der Waals surface area contributed by atoms with Crippen LogP contribution in [0.25, 0.3) is 0 Å². The van der Waals surface area contributed by atoms with Gasteiger partial charge in [-0.3, -0.25) is 19.2 Å². The molecule has 1 spiro atoms. The number of benzene rings is 3. The first-order valence-electron chi connectivity index (χ1n) is 11.0. The third kappa shape index (κ3) is 2.81. The molecule has 8 heteroatoms. The van der Waals surface area contributed by atoms with Crippen LogP contribution in [0.4, 0.5) is 5.69 Å². The number of amides is 2. The maximum absolute atomic E-state index is 13.9. The van der Waals surface area contributed by atoms with E-state index in [1.807, 2.05) is 6.07 Å². The van der Waals surface area contributed by atoms with Crippen molar-refractivity contribution in [3.05, 3.63) is 94.0 Å². The molecule has 1 aliphatic carbocycles. The minimum absolute atomic E-state index is 0.201. The first-order chi connectivity index (χ1) is 16.9. The number of Topliss-reactive ketones (excluding diaryl/α,β-unsaturated/α-hetero) is 2. The van der Waals surface area contributed by atoms with Crippen LogP contribution in [-0.2, 0) is 14.3 Å². The van der Waals surface area contributed by atoms with Gasteiger partial charge in [-0.25, -0.2) is 4.90 Å². The van der Waals surface area contributed by atoms with Gasteiger partial charge in [0.2, 0.25) is 29.0 Å². The van der Waals surface area contributed by atoms with Crippen molar-refractivity contribution in [3.63, 3.8) is 0 Å². The molecule has 3 aromatic carbocycles. The van der Waals surface area contributed by atoms with E-state index in [0.717, 1.165) is 4.90 Å². The number of anilines is 1. The molecule has 0 saturated carbocycles. The molecule has 2 amide bonds. The Kier molecular flexibility index (Phi) is 4.81. The molecule has 3 aliphatic rings. The molecular weight excluding hydrogens is 514 g/mol. The van der Waals surface area contributed by atoms with E-state index in [0.29, 0.717) is 21.5 Å². The lowest BCUT2D eigenvalue weighted by Gasteiger charge is -2.27. The normalized spacial score (nSPS) is 24.3. The number of halogens is 1. The van der Waals surface area contributed by atoms with Gasteiger partial charge < -0.3 is 9.47 Å². The van der Waals surface area contributed by atoms with Gasteiger partial charge in [-0.05, 0) is 35.9 Å². The Morgan fingerprint density at radius 1 is 0.829 bits per heavy atom. The molecule has 0 aromatic heterocycles. The van der Waals surface area contributed by atoms with Crippen LogP contribution < -0.4 is 9.64 Å². The number of carbonyl (C=O) groups is 4. The van der Waals surface area contributed by atoms with Gasteiger partial charge in [-0.1, -0.05) is 58.4 Å². The average Bonchev–Trinajstić information content (AvgIpc) is 3.44. The first-order valence-corrected chi connectivity index (χ1v) is 11.8. The lowest BCUT2D eigenvalue weighted by Crippen LogP contribution is -2.51. The summed E-state index contributed by atoms with van der Waals surface area (Å²) >= 11 is 3.50. The molecule has 6 rings (SSSR count). The Morgan fingerprint density at radius 3 is 2.03 bits per heavy atom. The monoisotopic (exact) mass is 531 g/mol. The van der Waals surface area contributed by atoms with Crippen molar-refractivity contribution < 1.29 is 28.7 Å². The highest BCUT2D eigenvalue weighted by molar-refractivity contribution is 9.10. The van der Waals surface area contributed by atoms with Crippen LogP contribution >= 0.6 is 15.9 Å². The summed E-state index contributed by atoms with van der Waals surface area (Å²) in [6, 6.07) is 20.0. The number of nitrogens with zero attached hydrogens (tertiary/aromatic N) is 1. The van der Waals surface area contributed by atoms with Crippen LogP contribution in [0, 0.1) is 11.8 Å². The fourth-order valence-corrected chi connectivity index (χ4v) is 6.00. The summed E-state index contributed by atoms with van der Waals surface area (Å²) in [5, 5.41) is 0. The molecule has 3 atom stereocenters. The maximum Gasteiger partial charge on any atom is 0.241 e. The molecular formula is C27H18BrNO6. The smallest absolute Gasteiger partial charge is 0.241 e. The van der Waals surface area contributed by atoms with Gasteiger partial charge in [0.15, 0.2) is 0 Å². The summed E-state index contributed by atoms with van der Waals surface area (Å²) < 4.78 is 12.1. The Labute approximate surface area is 208 Å². The molecule has 174 valence electrons. The number of imide groups is 1. The molecule has 35 heavy (non-hydrogen) atoms. The summed E-state index contributed by atoms with van der Waals surface area (Å²) in [6.45, 7) is 0. The largest absolute Gasteiger partial charge is 0.497 e. The van der Waals surface area contributed by atoms with Crippen molar-refractivity contribution in [1.82, 2.24) is 0 Å². The van der Waals surface area contributed by atoms with Crippen LogP contribution in [0.2, 0.25) is 0 Å². The third-order valence-corrected chi connectivity index (χ3v) is 7.78. The van der Waals surface area contributed by atoms with Gasteiger partial charge in [0.25, 0.3) is 0 Å². The zero-order chi connectivity index (χ0) is 24.5. The maximum atomic E-state index is 13.9. The number of methoxy groups -OCH3 is 1. The summed E-state index contributed by atoms with van der Waals surface area (Å²) in [5.41, 5.74) is -0.762. The average molecular weight is 532 g/mol. The molecule has 0 unspecified atom stereocenters. The summed E-state index contributed by atoms with van der Waals surface area (Å²) in [4.78, 5) is 56.3. The number of hydrogen-bond acceptors (Lipinski definition) is 6. The predicted octanol–water partition coefficient (Wildman–Crippen LogP) is 4.15. The lowest BCUT2D eigenvalue weighted by molar-refractivity contribution is -0.127. The molecule has 7 nitrogen and oxygen atoms in total. The van der Waals surface area contributed by atoms with E-state index in [-0.39, 0.29) is 11.1 Å². The lowest BCUT2D eigenvalue weighted by atomic mass is 9.77. The molecule has 0 bridgehead atoms. The van der Waals surface area contributed by atoms with Crippen molar-refractivity contribution in [1.29, 1.82) is 0 Å². The van der Waals surface area contributed by atoms with E-state index in [1.165, 1.54) is 7.11 Å². The van der Waals surface area contributed by atoms with Crippen LogP contribution in [0.1, 0.15) is 32.4 Å². The molecule has 3 aromatic rings. The van der Waals surface area contributed by atoms with Gasteiger partial charge in [0.05, 0.1) is 30.7 Å². The fraction of sp³-hybridized carbons (Fsp3) is 0.185. The molecule has 2 saturated heterocycles. The second-order valence-electron chi connectivity index (χ2n) is 8.71. The zero-order valence-electron chi connectivity index (χ0n) is 18.4. The highest BCUT2D eigenvalue weighted by atomic mass is 79.9. The number of ether oxygens (including phenoxy) is 2. The fourth-order valence-electron chi connectivity index (χ4n) is 5.49. The summed E-state index contributed by atoms with van der Waals surface area (Å²) in [7, 11) is 1.52. The number of carbonyl (C=O) groups excluding carboxylic acids is 4. The summed E-state index contributed by atoms with van der Waals surface area (Å²) in [6.07, 6.45) is -0.975. The topological polar surface area (TPSA) is 90.0 Å².